The normalized spacial score (nSPS) is 10.9. The number of amides is 1. The molecule has 0 aliphatic heterocycles. The van der Waals surface area contributed by atoms with Gasteiger partial charge in [0, 0.05) is 16.1 Å². The lowest BCUT2D eigenvalue weighted by Crippen LogP contribution is -2.17. The molecule has 1 amide bonds. The van der Waals surface area contributed by atoms with Crippen LogP contribution >= 0.6 is 23.2 Å². The minimum Gasteiger partial charge on any atom is -0.494 e. The zero-order valence-corrected chi connectivity index (χ0v) is 20.1. The van der Waals surface area contributed by atoms with Crippen molar-refractivity contribution in [2.24, 2.45) is 5.10 Å². The van der Waals surface area contributed by atoms with Crippen LogP contribution < -0.4 is 14.9 Å². The molecule has 0 atom stereocenters. The summed E-state index contributed by atoms with van der Waals surface area (Å²) in [6.45, 7) is 2.43. The first-order chi connectivity index (χ1) is 17.0. The van der Waals surface area contributed by atoms with E-state index in [2.05, 4.69) is 10.5 Å². The van der Waals surface area contributed by atoms with E-state index >= 15 is 0 Å². The van der Waals surface area contributed by atoms with Gasteiger partial charge in [-0.05, 0) is 66.2 Å². The number of esters is 1. The van der Waals surface area contributed by atoms with Crippen molar-refractivity contribution < 1.29 is 19.1 Å². The SMILES string of the molecule is CCOc1ccc(C(=O)N/N=C\c2c(OC(=O)c3ccc(Cl)cc3Cl)ccc3ccccc23)cc1. The van der Waals surface area contributed by atoms with E-state index < -0.39 is 11.9 Å². The van der Waals surface area contributed by atoms with Gasteiger partial charge < -0.3 is 9.47 Å². The van der Waals surface area contributed by atoms with Gasteiger partial charge in [-0.1, -0.05) is 53.5 Å². The van der Waals surface area contributed by atoms with Crippen LogP contribution in [0.15, 0.2) is 84.0 Å². The molecule has 0 unspecified atom stereocenters. The maximum atomic E-state index is 12.8. The fraction of sp³-hybridized carbons (Fsp3) is 0.0741. The standard InChI is InChI=1S/C27H20Cl2N2O4/c1-2-34-20-11-7-18(8-12-20)26(32)31-30-16-23-21-6-4-3-5-17(21)9-14-25(23)35-27(33)22-13-10-19(28)15-24(22)29/h3-16H,2H2,1H3,(H,31,32)/b30-16-. The summed E-state index contributed by atoms with van der Waals surface area (Å²) in [5.41, 5.74) is 3.63. The molecule has 1 N–H and O–H groups in total. The smallest absolute Gasteiger partial charge is 0.345 e. The Morgan fingerprint density at radius 1 is 0.971 bits per heavy atom. The van der Waals surface area contributed by atoms with Crippen molar-refractivity contribution in [2.45, 2.75) is 6.92 Å². The number of benzene rings is 4. The van der Waals surface area contributed by atoms with Crippen LogP contribution in [0.5, 0.6) is 11.5 Å². The number of nitrogens with zero attached hydrogens (tertiary/aromatic N) is 1. The highest BCUT2D eigenvalue weighted by molar-refractivity contribution is 6.36. The number of carbonyl (C=O) groups excluding carboxylic acids is 2. The van der Waals surface area contributed by atoms with Crippen LogP contribution in [0.4, 0.5) is 0 Å². The van der Waals surface area contributed by atoms with Crippen LogP contribution in [0.3, 0.4) is 0 Å². The summed E-state index contributed by atoms with van der Waals surface area (Å²) < 4.78 is 11.0. The van der Waals surface area contributed by atoms with E-state index in [-0.39, 0.29) is 16.3 Å². The number of ether oxygens (including phenoxy) is 2. The molecular formula is C27H20Cl2N2O4. The number of rotatable bonds is 7. The Morgan fingerprint density at radius 2 is 1.74 bits per heavy atom. The first-order valence-corrected chi connectivity index (χ1v) is 11.5. The molecule has 0 spiro atoms. The fourth-order valence-electron chi connectivity index (χ4n) is 3.40. The molecule has 35 heavy (non-hydrogen) atoms. The molecule has 0 saturated carbocycles. The third kappa shape index (κ3) is 5.80. The number of nitrogens with one attached hydrogen (secondary N) is 1. The molecule has 4 aromatic rings. The summed E-state index contributed by atoms with van der Waals surface area (Å²) in [6.07, 6.45) is 1.45. The Kier molecular flexibility index (Phi) is 7.65. The van der Waals surface area contributed by atoms with Crippen molar-refractivity contribution in [1.82, 2.24) is 5.43 Å². The predicted octanol–water partition coefficient (Wildman–Crippen LogP) is 6.53. The molecule has 0 radical (unpaired) electrons. The molecule has 4 rings (SSSR count). The van der Waals surface area contributed by atoms with Gasteiger partial charge in [0.2, 0.25) is 0 Å². The van der Waals surface area contributed by atoms with E-state index in [1.165, 1.54) is 18.3 Å². The lowest BCUT2D eigenvalue weighted by atomic mass is 10.0. The van der Waals surface area contributed by atoms with Gasteiger partial charge >= 0.3 is 5.97 Å². The first kappa shape index (κ1) is 24.3. The highest BCUT2D eigenvalue weighted by Gasteiger charge is 2.16. The summed E-state index contributed by atoms with van der Waals surface area (Å²) in [7, 11) is 0. The molecule has 0 aliphatic rings. The van der Waals surface area contributed by atoms with Crippen molar-refractivity contribution in [3.8, 4) is 11.5 Å². The third-order valence-corrected chi connectivity index (χ3v) is 5.62. The predicted molar refractivity (Wildman–Crippen MR) is 138 cm³/mol. The topological polar surface area (TPSA) is 77.0 Å². The van der Waals surface area contributed by atoms with Gasteiger partial charge in [0.25, 0.3) is 5.91 Å². The molecule has 8 heteroatoms. The number of fused-ring (bicyclic) bond motifs is 1. The third-order valence-electron chi connectivity index (χ3n) is 5.07. The molecule has 0 fully saturated rings. The largest absolute Gasteiger partial charge is 0.494 e. The molecule has 4 aromatic carbocycles. The molecule has 0 aromatic heterocycles. The highest BCUT2D eigenvalue weighted by atomic mass is 35.5. The fourth-order valence-corrected chi connectivity index (χ4v) is 3.88. The Labute approximate surface area is 212 Å². The summed E-state index contributed by atoms with van der Waals surface area (Å²) >= 11 is 12.1. The Morgan fingerprint density at radius 3 is 2.49 bits per heavy atom. The number of halogens is 2. The van der Waals surface area contributed by atoms with Gasteiger partial charge in [0.05, 0.1) is 23.4 Å². The van der Waals surface area contributed by atoms with Crippen LogP contribution in [-0.4, -0.2) is 24.7 Å². The van der Waals surface area contributed by atoms with Gasteiger partial charge in [-0.25, -0.2) is 10.2 Å². The van der Waals surface area contributed by atoms with E-state index in [9.17, 15) is 9.59 Å². The average Bonchev–Trinajstić information content (AvgIpc) is 2.85. The second-order valence-corrected chi connectivity index (χ2v) is 8.21. The minimum absolute atomic E-state index is 0.177. The van der Waals surface area contributed by atoms with Gasteiger partial charge in [-0.2, -0.15) is 5.10 Å². The lowest BCUT2D eigenvalue weighted by Gasteiger charge is -2.11. The van der Waals surface area contributed by atoms with Crippen LogP contribution in [-0.2, 0) is 0 Å². The second kappa shape index (κ2) is 11.0. The number of carbonyl (C=O) groups is 2. The molecule has 176 valence electrons. The Balaban J connectivity index is 1.59. The summed E-state index contributed by atoms with van der Waals surface area (Å²) in [6, 6.07) is 22.3. The van der Waals surface area contributed by atoms with Crippen LogP contribution in [0.1, 0.15) is 33.2 Å². The van der Waals surface area contributed by atoms with Gasteiger partial charge in [0.15, 0.2) is 0 Å². The van der Waals surface area contributed by atoms with E-state index in [1.54, 1.807) is 36.4 Å². The lowest BCUT2D eigenvalue weighted by molar-refractivity contribution is 0.0734. The van der Waals surface area contributed by atoms with Crippen LogP contribution in [0.25, 0.3) is 10.8 Å². The van der Waals surface area contributed by atoms with E-state index in [1.807, 2.05) is 37.3 Å². The number of hydrogen-bond donors (Lipinski definition) is 1. The van der Waals surface area contributed by atoms with Crippen LogP contribution in [0, 0.1) is 0 Å². The monoisotopic (exact) mass is 506 g/mol. The minimum atomic E-state index is -0.643. The average molecular weight is 507 g/mol. The zero-order chi connectivity index (χ0) is 24.8. The molecule has 6 nitrogen and oxygen atoms in total. The zero-order valence-electron chi connectivity index (χ0n) is 18.6. The van der Waals surface area contributed by atoms with E-state index in [0.29, 0.717) is 28.5 Å². The summed E-state index contributed by atoms with van der Waals surface area (Å²) in [5.74, 6) is -0.0969. The van der Waals surface area contributed by atoms with Gasteiger partial charge in [-0.15, -0.1) is 0 Å². The highest BCUT2D eigenvalue weighted by Crippen LogP contribution is 2.29. The Bertz CT molecular complexity index is 1420. The number of hydrogen-bond acceptors (Lipinski definition) is 5. The first-order valence-electron chi connectivity index (χ1n) is 10.7. The van der Waals surface area contributed by atoms with Crippen molar-refractivity contribution >= 4 is 52.1 Å². The van der Waals surface area contributed by atoms with Crippen molar-refractivity contribution in [1.29, 1.82) is 0 Å². The quantitative estimate of drug-likeness (QED) is 0.134. The van der Waals surface area contributed by atoms with E-state index in [0.717, 1.165) is 10.8 Å². The molecule has 0 aliphatic carbocycles. The molecule has 0 heterocycles. The van der Waals surface area contributed by atoms with Crippen molar-refractivity contribution in [3.63, 3.8) is 0 Å². The molecule has 0 bridgehead atoms. The Hall–Kier alpha value is -3.87. The van der Waals surface area contributed by atoms with Crippen LogP contribution in [0.2, 0.25) is 10.0 Å². The second-order valence-electron chi connectivity index (χ2n) is 7.37. The molecule has 0 saturated heterocycles. The summed E-state index contributed by atoms with van der Waals surface area (Å²) in [5, 5.41) is 6.40. The number of hydrazone groups is 1. The molecular weight excluding hydrogens is 487 g/mol. The van der Waals surface area contributed by atoms with E-state index in [4.69, 9.17) is 32.7 Å². The van der Waals surface area contributed by atoms with Gasteiger partial charge in [0.1, 0.15) is 11.5 Å². The maximum Gasteiger partial charge on any atom is 0.345 e. The van der Waals surface area contributed by atoms with Crippen molar-refractivity contribution in [3.05, 3.63) is 106 Å². The van der Waals surface area contributed by atoms with Crippen molar-refractivity contribution in [2.75, 3.05) is 6.61 Å². The maximum absolute atomic E-state index is 12.8. The summed E-state index contributed by atoms with van der Waals surface area (Å²) in [4.78, 5) is 25.3. The van der Waals surface area contributed by atoms with Gasteiger partial charge in [-0.3, -0.25) is 4.79 Å².